The van der Waals surface area contributed by atoms with Gasteiger partial charge in [0, 0.05) is 19.4 Å². The lowest BCUT2D eigenvalue weighted by atomic mass is 9.99. The SMILES string of the molecule is Cn1ncnc1CC(O)C1CCS(=O)(=O)C1. The molecule has 2 atom stereocenters. The Balaban J connectivity index is 2.00. The highest BCUT2D eigenvalue weighted by Gasteiger charge is 2.33. The highest BCUT2D eigenvalue weighted by Crippen LogP contribution is 2.23. The number of aryl methyl sites for hydroxylation is 1. The Morgan fingerprint density at radius 2 is 2.44 bits per heavy atom. The van der Waals surface area contributed by atoms with E-state index in [1.54, 1.807) is 11.7 Å². The van der Waals surface area contributed by atoms with Crippen molar-refractivity contribution < 1.29 is 13.5 Å². The third-order valence-corrected chi connectivity index (χ3v) is 4.80. The van der Waals surface area contributed by atoms with Gasteiger partial charge in [0.1, 0.15) is 12.2 Å². The molecule has 1 aliphatic heterocycles. The number of sulfone groups is 1. The van der Waals surface area contributed by atoms with Crippen molar-refractivity contribution in [1.82, 2.24) is 14.8 Å². The zero-order valence-corrected chi connectivity index (χ0v) is 9.89. The summed E-state index contributed by atoms with van der Waals surface area (Å²) in [6.45, 7) is 0. The molecule has 1 aromatic rings. The average Bonchev–Trinajstić information content (AvgIpc) is 2.74. The summed E-state index contributed by atoms with van der Waals surface area (Å²) in [5.41, 5.74) is 0. The van der Waals surface area contributed by atoms with Crippen molar-refractivity contribution in [2.45, 2.75) is 18.9 Å². The number of aliphatic hydroxyl groups is 1. The van der Waals surface area contributed by atoms with Crippen LogP contribution in [0.4, 0.5) is 0 Å². The minimum atomic E-state index is -2.93. The summed E-state index contributed by atoms with van der Waals surface area (Å²) in [5.74, 6) is 0.790. The van der Waals surface area contributed by atoms with Gasteiger partial charge in [0.25, 0.3) is 0 Å². The van der Waals surface area contributed by atoms with Gasteiger partial charge in [-0.15, -0.1) is 0 Å². The highest BCUT2D eigenvalue weighted by atomic mass is 32.2. The second-order valence-electron chi connectivity index (χ2n) is 4.23. The molecule has 2 unspecified atom stereocenters. The van der Waals surface area contributed by atoms with Crippen molar-refractivity contribution in [2.75, 3.05) is 11.5 Å². The summed E-state index contributed by atoms with van der Waals surface area (Å²) in [7, 11) is -1.18. The van der Waals surface area contributed by atoms with Gasteiger partial charge in [0.2, 0.25) is 0 Å². The van der Waals surface area contributed by atoms with Crippen molar-refractivity contribution in [3.05, 3.63) is 12.2 Å². The molecule has 2 rings (SSSR count). The van der Waals surface area contributed by atoms with E-state index in [1.807, 2.05) is 0 Å². The van der Waals surface area contributed by atoms with Crippen LogP contribution in [0, 0.1) is 5.92 Å². The standard InChI is InChI=1S/C9H15N3O3S/c1-12-9(10-6-11-12)4-8(13)7-2-3-16(14,15)5-7/h6-8,13H,2-5H2,1H3. The Labute approximate surface area is 94.2 Å². The van der Waals surface area contributed by atoms with Crippen LogP contribution in [-0.2, 0) is 23.3 Å². The molecule has 0 saturated carbocycles. The molecule has 1 fully saturated rings. The summed E-state index contributed by atoms with van der Waals surface area (Å²) in [4.78, 5) is 4.01. The lowest BCUT2D eigenvalue weighted by Crippen LogP contribution is -2.25. The van der Waals surface area contributed by atoms with Crippen molar-refractivity contribution >= 4 is 9.84 Å². The Bertz CT molecular complexity index is 468. The molecule has 0 amide bonds. The van der Waals surface area contributed by atoms with E-state index >= 15 is 0 Å². The van der Waals surface area contributed by atoms with Gasteiger partial charge in [0.05, 0.1) is 17.6 Å². The molecular weight excluding hydrogens is 230 g/mol. The molecular formula is C9H15N3O3S. The summed E-state index contributed by atoms with van der Waals surface area (Å²) in [5, 5.41) is 13.8. The van der Waals surface area contributed by atoms with E-state index in [1.165, 1.54) is 6.33 Å². The highest BCUT2D eigenvalue weighted by molar-refractivity contribution is 7.91. The molecule has 1 aromatic heterocycles. The molecule has 1 aliphatic rings. The summed E-state index contributed by atoms with van der Waals surface area (Å²) in [6.07, 6.45) is 1.67. The Morgan fingerprint density at radius 3 is 2.94 bits per heavy atom. The van der Waals surface area contributed by atoms with Gasteiger partial charge in [-0.25, -0.2) is 13.4 Å². The maximum absolute atomic E-state index is 11.3. The van der Waals surface area contributed by atoms with Gasteiger partial charge in [-0.1, -0.05) is 0 Å². The number of aliphatic hydroxyl groups excluding tert-OH is 1. The van der Waals surface area contributed by atoms with E-state index in [0.717, 1.165) is 0 Å². The van der Waals surface area contributed by atoms with E-state index < -0.39 is 15.9 Å². The Hall–Kier alpha value is -0.950. The molecule has 6 nitrogen and oxygen atoms in total. The van der Waals surface area contributed by atoms with E-state index in [-0.39, 0.29) is 17.4 Å². The third-order valence-electron chi connectivity index (χ3n) is 3.01. The fourth-order valence-electron chi connectivity index (χ4n) is 1.99. The molecule has 0 radical (unpaired) electrons. The Morgan fingerprint density at radius 1 is 1.69 bits per heavy atom. The molecule has 0 aromatic carbocycles. The van der Waals surface area contributed by atoms with Crippen LogP contribution in [0.1, 0.15) is 12.2 Å². The fraction of sp³-hybridized carbons (Fsp3) is 0.778. The second-order valence-corrected chi connectivity index (χ2v) is 6.46. The van der Waals surface area contributed by atoms with E-state index in [9.17, 15) is 13.5 Å². The van der Waals surface area contributed by atoms with E-state index in [2.05, 4.69) is 10.1 Å². The first-order valence-electron chi connectivity index (χ1n) is 5.19. The van der Waals surface area contributed by atoms with E-state index in [0.29, 0.717) is 18.7 Å². The quantitative estimate of drug-likeness (QED) is 0.750. The molecule has 0 spiro atoms. The molecule has 16 heavy (non-hydrogen) atoms. The van der Waals surface area contributed by atoms with Gasteiger partial charge in [-0.3, -0.25) is 4.68 Å². The largest absolute Gasteiger partial charge is 0.392 e. The van der Waals surface area contributed by atoms with Crippen LogP contribution in [-0.4, -0.2) is 45.9 Å². The average molecular weight is 245 g/mol. The number of nitrogens with zero attached hydrogens (tertiary/aromatic N) is 3. The van der Waals surface area contributed by atoms with Crippen LogP contribution in [0.5, 0.6) is 0 Å². The lowest BCUT2D eigenvalue weighted by Gasteiger charge is -2.15. The van der Waals surface area contributed by atoms with Crippen LogP contribution in [0.3, 0.4) is 0 Å². The minimum Gasteiger partial charge on any atom is -0.392 e. The lowest BCUT2D eigenvalue weighted by molar-refractivity contribution is 0.117. The topological polar surface area (TPSA) is 85.1 Å². The second kappa shape index (κ2) is 4.14. The molecule has 2 heterocycles. The zero-order chi connectivity index (χ0) is 11.8. The Kier molecular flexibility index (Phi) is 2.98. The molecule has 1 saturated heterocycles. The monoisotopic (exact) mass is 245 g/mol. The zero-order valence-electron chi connectivity index (χ0n) is 9.07. The smallest absolute Gasteiger partial charge is 0.150 e. The van der Waals surface area contributed by atoms with Crippen molar-refractivity contribution in [2.24, 2.45) is 13.0 Å². The van der Waals surface area contributed by atoms with Gasteiger partial charge in [-0.2, -0.15) is 5.10 Å². The summed E-state index contributed by atoms with van der Waals surface area (Å²) >= 11 is 0. The first-order chi connectivity index (χ1) is 7.48. The predicted molar refractivity (Wildman–Crippen MR) is 57.5 cm³/mol. The van der Waals surface area contributed by atoms with Gasteiger partial charge in [0.15, 0.2) is 9.84 Å². The summed E-state index contributed by atoms with van der Waals surface area (Å²) < 4.78 is 24.1. The number of hydrogen-bond acceptors (Lipinski definition) is 5. The van der Waals surface area contributed by atoms with E-state index in [4.69, 9.17) is 0 Å². The fourth-order valence-corrected chi connectivity index (χ4v) is 3.86. The molecule has 0 aliphatic carbocycles. The van der Waals surface area contributed by atoms with Crippen LogP contribution < -0.4 is 0 Å². The minimum absolute atomic E-state index is 0.0893. The van der Waals surface area contributed by atoms with Crippen molar-refractivity contribution in [3.63, 3.8) is 0 Å². The van der Waals surface area contributed by atoms with Gasteiger partial charge >= 0.3 is 0 Å². The predicted octanol–water partition coefficient (Wildman–Crippen LogP) is -0.847. The maximum atomic E-state index is 11.3. The van der Waals surface area contributed by atoms with Crippen LogP contribution in [0.25, 0.3) is 0 Å². The van der Waals surface area contributed by atoms with Gasteiger partial charge < -0.3 is 5.11 Å². The third kappa shape index (κ3) is 2.41. The number of aromatic nitrogens is 3. The molecule has 7 heteroatoms. The normalized spacial score (nSPS) is 25.8. The van der Waals surface area contributed by atoms with Gasteiger partial charge in [-0.05, 0) is 6.42 Å². The van der Waals surface area contributed by atoms with Crippen LogP contribution >= 0.6 is 0 Å². The van der Waals surface area contributed by atoms with Crippen molar-refractivity contribution in [1.29, 1.82) is 0 Å². The first-order valence-corrected chi connectivity index (χ1v) is 7.01. The molecule has 0 bridgehead atoms. The number of hydrogen-bond donors (Lipinski definition) is 1. The molecule has 90 valence electrons. The maximum Gasteiger partial charge on any atom is 0.150 e. The summed E-state index contributed by atoms with van der Waals surface area (Å²) in [6, 6.07) is 0. The molecule has 1 N–H and O–H groups in total. The van der Waals surface area contributed by atoms with Crippen LogP contribution in [0.15, 0.2) is 6.33 Å². The number of rotatable bonds is 3. The van der Waals surface area contributed by atoms with Crippen molar-refractivity contribution in [3.8, 4) is 0 Å². The first kappa shape index (κ1) is 11.5. The van der Waals surface area contributed by atoms with Crippen LogP contribution in [0.2, 0.25) is 0 Å².